The third kappa shape index (κ3) is 5.58. The van der Waals surface area contributed by atoms with Gasteiger partial charge in [0.1, 0.15) is 5.75 Å². The molecule has 0 atom stereocenters. The zero-order chi connectivity index (χ0) is 20.8. The van der Waals surface area contributed by atoms with E-state index in [1.165, 1.54) is 7.11 Å². The van der Waals surface area contributed by atoms with Gasteiger partial charge in [0.15, 0.2) is 6.61 Å². The lowest BCUT2D eigenvalue weighted by Gasteiger charge is -2.11. The molecule has 28 heavy (non-hydrogen) atoms. The highest BCUT2D eigenvalue weighted by Gasteiger charge is 2.17. The minimum atomic E-state index is -0.457. The number of aromatic nitrogens is 2. The summed E-state index contributed by atoms with van der Waals surface area (Å²) in [4.78, 5) is 24.4. The number of benzene rings is 1. The monoisotopic (exact) mass is 387 g/mol. The first-order valence-corrected chi connectivity index (χ1v) is 9.34. The molecule has 0 radical (unpaired) electrons. The maximum atomic E-state index is 12.2. The number of nitrogens with one attached hydrogen (secondary N) is 1. The summed E-state index contributed by atoms with van der Waals surface area (Å²) < 4.78 is 12.3. The molecule has 0 aliphatic rings. The van der Waals surface area contributed by atoms with Gasteiger partial charge in [-0.05, 0) is 44.4 Å². The number of carbonyl (C=O) groups is 2. The van der Waals surface area contributed by atoms with E-state index < -0.39 is 11.9 Å². The molecular formula is C21H29N3O4. The van der Waals surface area contributed by atoms with Crippen molar-refractivity contribution in [2.75, 3.05) is 19.0 Å². The highest BCUT2D eigenvalue weighted by atomic mass is 16.5. The fourth-order valence-corrected chi connectivity index (χ4v) is 2.96. The van der Waals surface area contributed by atoms with Gasteiger partial charge in [0.05, 0.1) is 24.9 Å². The van der Waals surface area contributed by atoms with Crippen molar-refractivity contribution in [2.45, 2.75) is 47.6 Å². The molecule has 2 rings (SSSR count). The van der Waals surface area contributed by atoms with Gasteiger partial charge in [-0.1, -0.05) is 19.9 Å². The van der Waals surface area contributed by atoms with Crippen molar-refractivity contribution in [1.82, 2.24) is 9.78 Å². The fourth-order valence-electron chi connectivity index (χ4n) is 2.96. The SMILES string of the molecule is COc1ccc(C)cc1NC(=O)COC(=O)Cc1c(C)nn(CC(C)C)c1C. The summed E-state index contributed by atoms with van der Waals surface area (Å²) >= 11 is 0. The van der Waals surface area contributed by atoms with Crippen molar-refractivity contribution >= 4 is 17.6 Å². The second-order valence-corrected chi connectivity index (χ2v) is 7.31. The van der Waals surface area contributed by atoms with E-state index in [0.29, 0.717) is 17.4 Å². The summed E-state index contributed by atoms with van der Waals surface area (Å²) in [5.74, 6) is 0.136. The number of rotatable bonds is 8. The van der Waals surface area contributed by atoms with Gasteiger partial charge in [-0.2, -0.15) is 5.10 Å². The largest absolute Gasteiger partial charge is 0.495 e. The summed E-state index contributed by atoms with van der Waals surface area (Å²) in [7, 11) is 1.53. The molecule has 1 amide bonds. The maximum absolute atomic E-state index is 12.2. The molecule has 7 nitrogen and oxygen atoms in total. The third-order valence-electron chi connectivity index (χ3n) is 4.38. The Balaban J connectivity index is 1.93. The lowest BCUT2D eigenvalue weighted by molar-refractivity contribution is -0.146. The number of esters is 1. The molecule has 0 aliphatic carbocycles. The predicted molar refractivity (Wildman–Crippen MR) is 108 cm³/mol. The van der Waals surface area contributed by atoms with Crippen LogP contribution >= 0.6 is 0 Å². The van der Waals surface area contributed by atoms with Gasteiger partial charge >= 0.3 is 5.97 Å². The average Bonchev–Trinajstić information content (AvgIpc) is 2.87. The quantitative estimate of drug-likeness (QED) is 0.704. The Labute approximate surface area is 166 Å². The number of nitrogens with zero attached hydrogens (tertiary/aromatic N) is 2. The number of ether oxygens (including phenoxy) is 2. The normalized spacial score (nSPS) is 10.8. The number of aryl methyl sites for hydroxylation is 2. The maximum Gasteiger partial charge on any atom is 0.310 e. The molecule has 1 aromatic carbocycles. The molecule has 2 aromatic rings. The molecule has 0 bridgehead atoms. The second kappa shape index (κ2) is 9.39. The summed E-state index contributed by atoms with van der Waals surface area (Å²) in [6.07, 6.45) is 0.0941. The van der Waals surface area contributed by atoms with Crippen molar-refractivity contribution in [3.05, 3.63) is 40.7 Å². The Bertz CT molecular complexity index is 856. The molecule has 7 heteroatoms. The fraction of sp³-hybridized carbons (Fsp3) is 0.476. The Morgan fingerprint density at radius 1 is 1.21 bits per heavy atom. The van der Waals surface area contributed by atoms with E-state index in [9.17, 15) is 9.59 Å². The van der Waals surface area contributed by atoms with Crippen LogP contribution in [0.5, 0.6) is 5.75 Å². The first-order valence-electron chi connectivity index (χ1n) is 9.34. The molecular weight excluding hydrogens is 358 g/mol. The smallest absolute Gasteiger partial charge is 0.310 e. The first kappa shape index (κ1) is 21.5. The number of anilines is 1. The Kier molecular flexibility index (Phi) is 7.20. The van der Waals surface area contributed by atoms with E-state index in [1.54, 1.807) is 12.1 Å². The summed E-state index contributed by atoms with van der Waals surface area (Å²) in [5.41, 5.74) is 4.15. The van der Waals surface area contributed by atoms with E-state index in [-0.39, 0.29) is 13.0 Å². The van der Waals surface area contributed by atoms with Gasteiger partial charge in [0, 0.05) is 17.8 Å². The zero-order valence-electron chi connectivity index (χ0n) is 17.5. The van der Waals surface area contributed by atoms with Crippen molar-refractivity contribution in [1.29, 1.82) is 0 Å². The second-order valence-electron chi connectivity index (χ2n) is 7.31. The number of carbonyl (C=O) groups excluding carboxylic acids is 2. The van der Waals surface area contributed by atoms with Gasteiger partial charge in [0.2, 0.25) is 0 Å². The molecule has 0 saturated heterocycles. The summed E-state index contributed by atoms with van der Waals surface area (Å²) in [6, 6.07) is 5.46. The van der Waals surface area contributed by atoms with Gasteiger partial charge in [-0.15, -0.1) is 0 Å². The van der Waals surface area contributed by atoms with Crippen LogP contribution in [-0.4, -0.2) is 35.4 Å². The van der Waals surface area contributed by atoms with E-state index in [4.69, 9.17) is 9.47 Å². The minimum Gasteiger partial charge on any atom is -0.495 e. The highest BCUT2D eigenvalue weighted by molar-refractivity contribution is 5.94. The van der Waals surface area contributed by atoms with E-state index in [0.717, 1.165) is 29.1 Å². The molecule has 152 valence electrons. The molecule has 1 heterocycles. The molecule has 0 fully saturated rings. The molecule has 0 aliphatic heterocycles. The van der Waals surface area contributed by atoms with E-state index in [2.05, 4.69) is 24.3 Å². The van der Waals surface area contributed by atoms with Gasteiger partial charge < -0.3 is 14.8 Å². The number of amides is 1. The third-order valence-corrected chi connectivity index (χ3v) is 4.38. The van der Waals surface area contributed by atoms with Crippen LogP contribution in [0.15, 0.2) is 18.2 Å². The van der Waals surface area contributed by atoms with Crippen molar-refractivity contribution in [3.8, 4) is 5.75 Å². The van der Waals surface area contributed by atoms with Crippen LogP contribution in [0.2, 0.25) is 0 Å². The standard InChI is InChI=1S/C21H29N3O4/c1-13(2)11-24-16(5)17(15(4)23-24)10-21(26)28-12-20(25)22-18-9-14(3)7-8-19(18)27-6/h7-9,13H,10-12H2,1-6H3,(H,22,25). The van der Waals surface area contributed by atoms with Crippen molar-refractivity contribution in [3.63, 3.8) is 0 Å². The Hall–Kier alpha value is -2.83. The van der Waals surface area contributed by atoms with Crippen LogP contribution < -0.4 is 10.1 Å². The van der Waals surface area contributed by atoms with Crippen LogP contribution in [0.4, 0.5) is 5.69 Å². The zero-order valence-corrected chi connectivity index (χ0v) is 17.5. The lowest BCUT2D eigenvalue weighted by atomic mass is 10.1. The lowest BCUT2D eigenvalue weighted by Crippen LogP contribution is -2.22. The van der Waals surface area contributed by atoms with Gasteiger partial charge in [-0.25, -0.2) is 0 Å². The van der Waals surface area contributed by atoms with Crippen molar-refractivity contribution in [2.24, 2.45) is 5.92 Å². The van der Waals surface area contributed by atoms with E-state index >= 15 is 0 Å². The van der Waals surface area contributed by atoms with Crippen LogP contribution in [-0.2, 0) is 27.3 Å². The van der Waals surface area contributed by atoms with Crippen LogP contribution in [0.25, 0.3) is 0 Å². The van der Waals surface area contributed by atoms with Crippen molar-refractivity contribution < 1.29 is 19.1 Å². The topological polar surface area (TPSA) is 82.4 Å². The number of hydrogen-bond donors (Lipinski definition) is 1. The molecule has 1 aromatic heterocycles. The van der Waals surface area contributed by atoms with E-state index in [1.807, 2.05) is 31.5 Å². The number of methoxy groups -OCH3 is 1. The average molecular weight is 387 g/mol. The molecule has 0 unspecified atom stereocenters. The number of hydrogen-bond acceptors (Lipinski definition) is 5. The van der Waals surface area contributed by atoms with Crippen LogP contribution in [0.3, 0.4) is 0 Å². The minimum absolute atomic E-state index is 0.0941. The summed E-state index contributed by atoms with van der Waals surface area (Å²) in [5, 5.41) is 7.21. The first-order chi connectivity index (χ1) is 13.2. The highest BCUT2D eigenvalue weighted by Crippen LogP contribution is 2.25. The van der Waals surface area contributed by atoms with Gasteiger partial charge in [0.25, 0.3) is 5.91 Å². The molecule has 0 saturated carbocycles. The van der Waals surface area contributed by atoms with Gasteiger partial charge in [-0.3, -0.25) is 14.3 Å². The molecule has 0 spiro atoms. The predicted octanol–water partition coefficient (Wildman–Crippen LogP) is 3.20. The molecule has 1 N–H and O–H groups in total. The van der Waals surface area contributed by atoms with Crippen LogP contribution in [0, 0.1) is 26.7 Å². The Morgan fingerprint density at radius 3 is 2.57 bits per heavy atom. The Morgan fingerprint density at radius 2 is 1.93 bits per heavy atom. The summed E-state index contributed by atoms with van der Waals surface area (Å²) in [6.45, 7) is 10.4. The van der Waals surface area contributed by atoms with Crippen LogP contribution in [0.1, 0.15) is 36.4 Å².